The molecule has 0 atom stereocenters. The van der Waals surface area contributed by atoms with Crippen LogP contribution in [0, 0.1) is 6.92 Å². The third-order valence-electron chi connectivity index (χ3n) is 5.33. The van der Waals surface area contributed by atoms with Gasteiger partial charge in [0.25, 0.3) is 5.91 Å². The lowest BCUT2D eigenvalue weighted by Crippen LogP contribution is -2.22. The lowest BCUT2D eigenvalue weighted by molar-refractivity contribution is 0.101. The third kappa shape index (κ3) is 4.57. The molecule has 0 bridgehead atoms. The van der Waals surface area contributed by atoms with Crippen molar-refractivity contribution < 1.29 is 23.8 Å². The number of fused-ring (bicyclic) bond motifs is 1. The van der Waals surface area contributed by atoms with Gasteiger partial charge in [-0.3, -0.25) is 14.6 Å². The number of anilines is 1. The minimum absolute atomic E-state index is 0.0583. The first-order chi connectivity index (χ1) is 16.4. The summed E-state index contributed by atoms with van der Waals surface area (Å²) in [5.41, 5.74) is 3.30. The van der Waals surface area contributed by atoms with E-state index in [4.69, 9.17) is 9.15 Å². The van der Waals surface area contributed by atoms with Crippen molar-refractivity contribution >= 4 is 34.0 Å². The van der Waals surface area contributed by atoms with Gasteiger partial charge in [0.1, 0.15) is 11.3 Å². The lowest BCUT2D eigenvalue weighted by Gasteiger charge is -2.11. The number of aliphatic hydroxyl groups is 1. The van der Waals surface area contributed by atoms with Crippen LogP contribution in [-0.2, 0) is 6.61 Å². The molecule has 2 aromatic heterocycles. The highest BCUT2D eigenvalue weighted by Crippen LogP contribution is 2.25. The number of Topliss-reactive ketones (excluding diaryl/α,β-unsaturated/α-hetero) is 1. The number of aromatic nitrogens is 1. The largest absolute Gasteiger partial charge is 0.495 e. The normalized spacial score (nSPS) is 11.5. The fourth-order valence-electron chi connectivity index (χ4n) is 3.49. The molecular formula is C26H23N3O5. The van der Waals surface area contributed by atoms with Gasteiger partial charge in [-0.25, -0.2) is 4.99 Å². The molecule has 1 amide bonds. The summed E-state index contributed by atoms with van der Waals surface area (Å²) in [6.45, 7) is 2.99. The fourth-order valence-corrected chi connectivity index (χ4v) is 3.49. The standard InChI is InChI=1S/C26H23N3O5/c1-15-24-20(18(14-30)13-27-15)12-21(25(32)29-22-6-4-5-7-23(22)33-3)26(34-24)28-19-10-8-17(9-11-19)16(2)31/h4-13,30H,14H2,1-3H3,(H,29,32). The van der Waals surface area contributed by atoms with Gasteiger partial charge in [-0.2, -0.15) is 0 Å². The predicted molar refractivity (Wildman–Crippen MR) is 127 cm³/mol. The Hall–Kier alpha value is -4.30. The van der Waals surface area contributed by atoms with Crippen molar-refractivity contribution in [2.45, 2.75) is 20.5 Å². The average Bonchev–Trinajstić information content (AvgIpc) is 2.85. The number of hydrogen-bond donors (Lipinski definition) is 2. The third-order valence-corrected chi connectivity index (χ3v) is 5.33. The maximum atomic E-state index is 13.4. The Labute approximate surface area is 195 Å². The van der Waals surface area contributed by atoms with Crippen LogP contribution in [0.15, 0.2) is 70.2 Å². The van der Waals surface area contributed by atoms with Crippen LogP contribution in [0.25, 0.3) is 11.0 Å². The molecule has 0 spiro atoms. The molecule has 0 radical (unpaired) electrons. The highest BCUT2D eigenvalue weighted by Gasteiger charge is 2.17. The number of benzene rings is 2. The zero-order valence-corrected chi connectivity index (χ0v) is 19.0. The molecule has 0 aliphatic rings. The molecule has 4 aromatic rings. The number of carbonyl (C=O) groups excluding carboxylic acids is 2. The number of ketones is 1. The van der Waals surface area contributed by atoms with Gasteiger partial charge in [0, 0.05) is 22.7 Å². The zero-order valence-electron chi connectivity index (χ0n) is 19.0. The van der Waals surface area contributed by atoms with Crippen molar-refractivity contribution in [2.75, 3.05) is 12.4 Å². The van der Waals surface area contributed by atoms with E-state index in [0.29, 0.717) is 44.9 Å². The van der Waals surface area contributed by atoms with Gasteiger partial charge >= 0.3 is 0 Å². The molecule has 2 aromatic carbocycles. The van der Waals surface area contributed by atoms with E-state index in [9.17, 15) is 14.7 Å². The molecule has 2 N–H and O–H groups in total. The molecule has 172 valence electrons. The van der Waals surface area contributed by atoms with Crippen molar-refractivity contribution in [3.05, 3.63) is 88.7 Å². The van der Waals surface area contributed by atoms with E-state index in [-0.39, 0.29) is 23.5 Å². The Morgan fingerprint density at radius 2 is 1.88 bits per heavy atom. The van der Waals surface area contributed by atoms with Gasteiger partial charge in [-0.05, 0) is 56.3 Å². The van der Waals surface area contributed by atoms with E-state index in [1.165, 1.54) is 14.0 Å². The average molecular weight is 457 g/mol. The Kier molecular flexibility index (Phi) is 6.51. The van der Waals surface area contributed by atoms with E-state index in [0.717, 1.165) is 0 Å². The first-order valence-corrected chi connectivity index (χ1v) is 10.5. The lowest BCUT2D eigenvalue weighted by atomic mass is 10.1. The van der Waals surface area contributed by atoms with Crippen LogP contribution in [0.1, 0.15) is 38.9 Å². The van der Waals surface area contributed by atoms with Gasteiger partial charge in [-0.15, -0.1) is 0 Å². The van der Waals surface area contributed by atoms with E-state index in [1.54, 1.807) is 67.7 Å². The van der Waals surface area contributed by atoms with Crippen LogP contribution in [0.4, 0.5) is 11.4 Å². The predicted octanol–water partition coefficient (Wildman–Crippen LogP) is 4.32. The van der Waals surface area contributed by atoms with Crippen molar-refractivity contribution in [1.29, 1.82) is 0 Å². The summed E-state index contributed by atoms with van der Waals surface area (Å²) >= 11 is 0. The van der Waals surface area contributed by atoms with Gasteiger partial charge in [-0.1, -0.05) is 12.1 Å². The minimum Gasteiger partial charge on any atom is -0.495 e. The summed E-state index contributed by atoms with van der Waals surface area (Å²) in [7, 11) is 1.52. The van der Waals surface area contributed by atoms with Gasteiger partial charge in [0.05, 0.1) is 30.8 Å². The second-order valence-corrected chi connectivity index (χ2v) is 7.60. The summed E-state index contributed by atoms with van der Waals surface area (Å²) < 4.78 is 11.4. The molecule has 0 saturated carbocycles. The molecule has 0 aliphatic carbocycles. The maximum absolute atomic E-state index is 13.4. The number of nitrogens with zero attached hydrogens (tertiary/aromatic N) is 2. The highest BCUT2D eigenvalue weighted by molar-refractivity contribution is 6.06. The van der Waals surface area contributed by atoms with E-state index >= 15 is 0 Å². The molecule has 4 rings (SSSR count). The summed E-state index contributed by atoms with van der Waals surface area (Å²) in [5.74, 6) is -0.0207. The molecule has 2 heterocycles. The molecule has 0 aliphatic heterocycles. The summed E-state index contributed by atoms with van der Waals surface area (Å²) in [4.78, 5) is 33.7. The first-order valence-electron chi connectivity index (χ1n) is 10.5. The van der Waals surface area contributed by atoms with E-state index in [1.807, 2.05) is 0 Å². The van der Waals surface area contributed by atoms with Crippen molar-refractivity contribution in [2.24, 2.45) is 4.99 Å². The molecule has 0 fully saturated rings. The first kappa shape index (κ1) is 22.9. The van der Waals surface area contributed by atoms with Crippen LogP contribution < -0.4 is 15.6 Å². The maximum Gasteiger partial charge on any atom is 0.261 e. The number of pyridine rings is 1. The Morgan fingerprint density at radius 1 is 1.15 bits per heavy atom. The number of ether oxygens (including phenoxy) is 1. The second kappa shape index (κ2) is 9.68. The monoisotopic (exact) mass is 457 g/mol. The summed E-state index contributed by atoms with van der Waals surface area (Å²) in [6, 6.07) is 15.3. The Balaban J connectivity index is 1.90. The number of carbonyl (C=O) groups is 2. The quantitative estimate of drug-likeness (QED) is 0.417. The fraction of sp³-hybridized carbons (Fsp3) is 0.154. The van der Waals surface area contributed by atoms with Crippen LogP contribution in [0.2, 0.25) is 0 Å². The molecular weight excluding hydrogens is 434 g/mol. The number of rotatable bonds is 6. The molecule has 8 heteroatoms. The van der Waals surface area contributed by atoms with Gasteiger partial charge in [0.2, 0.25) is 5.55 Å². The second-order valence-electron chi connectivity index (χ2n) is 7.60. The molecule has 0 saturated heterocycles. The van der Waals surface area contributed by atoms with Crippen molar-refractivity contribution in [1.82, 2.24) is 4.98 Å². The number of amides is 1. The van der Waals surface area contributed by atoms with Crippen LogP contribution in [0.3, 0.4) is 0 Å². The minimum atomic E-state index is -0.465. The number of nitrogens with one attached hydrogen (secondary N) is 1. The number of methoxy groups -OCH3 is 1. The van der Waals surface area contributed by atoms with Crippen molar-refractivity contribution in [3.63, 3.8) is 0 Å². The number of aryl methyl sites for hydroxylation is 1. The summed E-state index contributed by atoms with van der Waals surface area (Å²) in [6.07, 6.45) is 1.55. The van der Waals surface area contributed by atoms with E-state index < -0.39 is 5.91 Å². The molecule has 8 nitrogen and oxygen atoms in total. The smallest absolute Gasteiger partial charge is 0.261 e. The molecule has 0 unspecified atom stereocenters. The number of hydrogen-bond acceptors (Lipinski definition) is 7. The van der Waals surface area contributed by atoms with Crippen molar-refractivity contribution in [3.8, 4) is 5.75 Å². The van der Waals surface area contributed by atoms with Crippen LogP contribution in [0.5, 0.6) is 5.75 Å². The van der Waals surface area contributed by atoms with Crippen LogP contribution >= 0.6 is 0 Å². The van der Waals surface area contributed by atoms with Crippen LogP contribution in [-0.4, -0.2) is 28.9 Å². The van der Waals surface area contributed by atoms with E-state index in [2.05, 4.69) is 15.3 Å². The Morgan fingerprint density at radius 3 is 2.56 bits per heavy atom. The number of para-hydroxylation sites is 2. The molecule has 34 heavy (non-hydrogen) atoms. The Bertz CT molecular complexity index is 1460. The highest BCUT2D eigenvalue weighted by atomic mass is 16.5. The zero-order chi connectivity index (χ0) is 24.2. The SMILES string of the molecule is COc1ccccc1NC(=O)c1cc2c(CO)cnc(C)c2oc1=Nc1ccc(C(C)=O)cc1. The van der Waals surface area contributed by atoms with Gasteiger partial charge < -0.3 is 19.6 Å². The van der Waals surface area contributed by atoms with Gasteiger partial charge in [0.15, 0.2) is 11.4 Å². The topological polar surface area (TPSA) is 114 Å². The number of aliphatic hydroxyl groups excluding tert-OH is 1. The summed E-state index contributed by atoms with van der Waals surface area (Å²) in [5, 5.41) is 13.2.